The zero-order valence-corrected chi connectivity index (χ0v) is 15.9. The van der Waals surface area contributed by atoms with Crippen molar-refractivity contribution in [1.29, 1.82) is 0 Å². The molecular weight excluding hydrogens is 380 g/mol. The minimum absolute atomic E-state index is 0.572. The molecule has 1 aromatic heterocycles. The van der Waals surface area contributed by atoms with Crippen molar-refractivity contribution >= 4 is 27.7 Å². The van der Waals surface area contributed by atoms with Crippen LogP contribution in [0.4, 0.5) is 0 Å². The first kappa shape index (κ1) is 17.3. The molecule has 4 heteroatoms. The van der Waals surface area contributed by atoms with Crippen molar-refractivity contribution in [2.24, 2.45) is 0 Å². The summed E-state index contributed by atoms with van der Waals surface area (Å²) in [6.45, 7) is 1.01. The quantitative estimate of drug-likeness (QED) is 0.490. The zero-order valence-electron chi connectivity index (χ0n) is 13.5. The van der Waals surface area contributed by atoms with Gasteiger partial charge in [-0.25, -0.2) is 4.98 Å². The number of thioether (sulfide) groups is 1. The highest BCUT2D eigenvalue weighted by atomic mass is 79.9. The standard InChI is InChI=1S/C20H21BrN2S/c21-19-9-6-18(7-10-19)15-24-20(14-23-13-12-22-16-23)11-8-17-4-2-1-3-5-17/h1-7,9-10,12-13,16,20H,8,11,14-15H2. The van der Waals surface area contributed by atoms with Gasteiger partial charge in [0.2, 0.25) is 0 Å². The first-order valence-electron chi connectivity index (χ1n) is 8.15. The molecule has 1 heterocycles. The monoisotopic (exact) mass is 400 g/mol. The fraction of sp³-hybridized carbons (Fsp3) is 0.250. The molecule has 0 aliphatic heterocycles. The van der Waals surface area contributed by atoms with E-state index >= 15 is 0 Å². The van der Waals surface area contributed by atoms with Gasteiger partial charge in [0.15, 0.2) is 0 Å². The maximum Gasteiger partial charge on any atom is 0.0946 e. The lowest BCUT2D eigenvalue weighted by molar-refractivity contribution is 0.624. The molecule has 124 valence electrons. The molecule has 1 atom stereocenters. The third-order valence-electron chi connectivity index (χ3n) is 3.97. The highest BCUT2D eigenvalue weighted by molar-refractivity contribution is 9.10. The summed E-state index contributed by atoms with van der Waals surface area (Å²) in [5.74, 6) is 1.04. The maximum atomic E-state index is 4.17. The molecule has 0 aliphatic carbocycles. The molecule has 1 unspecified atom stereocenters. The Labute approximate surface area is 156 Å². The van der Waals surface area contributed by atoms with Crippen LogP contribution >= 0.6 is 27.7 Å². The second-order valence-electron chi connectivity index (χ2n) is 5.84. The number of halogens is 1. The van der Waals surface area contributed by atoms with Crippen LogP contribution in [0.2, 0.25) is 0 Å². The van der Waals surface area contributed by atoms with E-state index in [4.69, 9.17) is 0 Å². The van der Waals surface area contributed by atoms with Gasteiger partial charge >= 0.3 is 0 Å². The van der Waals surface area contributed by atoms with E-state index in [9.17, 15) is 0 Å². The second-order valence-corrected chi connectivity index (χ2v) is 8.05. The first-order chi connectivity index (χ1) is 11.8. The van der Waals surface area contributed by atoms with Gasteiger partial charge < -0.3 is 4.57 Å². The van der Waals surface area contributed by atoms with Crippen LogP contribution in [0.3, 0.4) is 0 Å². The minimum Gasteiger partial charge on any atom is -0.336 e. The molecule has 0 spiro atoms. The average Bonchev–Trinajstić information content (AvgIpc) is 3.13. The van der Waals surface area contributed by atoms with E-state index in [1.165, 1.54) is 17.5 Å². The fourth-order valence-corrected chi connectivity index (χ4v) is 4.07. The van der Waals surface area contributed by atoms with Gasteiger partial charge in [-0.1, -0.05) is 58.4 Å². The van der Waals surface area contributed by atoms with Gasteiger partial charge in [0.1, 0.15) is 0 Å². The molecule has 2 aromatic carbocycles. The molecule has 0 fully saturated rings. The van der Waals surface area contributed by atoms with E-state index in [1.807, 2.05) is 24.3 Å². The number of benzene rings is 2. The Morgan fingerprint density at radius 2 is 1.79 bits per heavy atom. The lowest BCUT2D eigenvalue weighted by atomic mass is 10.1. The summed E-state index contributed by atoms with van der Waals surface area (Å²) in [5, 5.41) is 0.572. The minimum atomic E-state index is 0.572. The highest BCUT2D eigenvalue weighted by Gasteiger charge is 2.11. The lowest BCUT2D eigenvalue weighted by Crippen LogP contribution is -2.13. The van der Waals surface area contributed by atoms with E-state index in [0.29, 0.717) is 5.25 Å². The van der Waals surface area contributed by atoms with Crippen molar-refractivity contribution in [2.75, 3.05) is 0 Å². The van der Waals surface area contributed by atoms with Gasteiger partial charge in [0.05, 0.1) is 6.33 Å². The van der Waals surface area contributed by atoms with Crippen LogP contribution in [-0.4, -0.2) is 14.8 Å². The smallest absolute Gasteiger partial charge is 0.0946 e. The maximum absolute atomic E-state index is 4.17. The predicted octanol–water partition coefficient (Wildman–Crippen LogP) is 5.58. The van der Waals surface area contributed by atoms with Crippen molar-refractivity contribution < 1.29 is 0 Å². The van der Waals surface area contributed by atoms with Crippen molar-refractivity contribution in [2.45, 2.75) is 30.4 Å². The third-order valence-corrected chi connectivity index (χ3v) is 5.86. The molecule has 0 aliphatic rings. The van der Waals surface area contributed by atoms with Crippen LogP contribution in [-0.2, 0) is 18.7 Å². The Balaban J connectivity index is 1.59. The number of imidazole rings is 1. The predicted molar refractivity (Wildman–Crippen MR) is 106 cm³/mol. The van der Waals surface area contributed by atoms with E-state index in [0.717, 1.165) is 23.2 Å². The topological polar surface area (TPSA) is 17.8 Å². The van der Waals surface area contributed by atoms with Crippen molar-refractivity contribution in [1.82, 2.24) is 9.55 Å². The van der Waals surface area contributed by atoms with Gasteiger partial charge in [0, 0.05) is 34.4 Å². The summed E-state index contributed by atoms with van der Waals surface area (Å²) in [7, 11) is 0. The van der Waals surface area contributed by atoms with Gasteiger partial charge in [0.25, 0.3) is 0 Å². The number of hydrogen-bond donors (Lipinski definition) is 0. The van der Waals surface area contributed by atoms with Crippen LogP contribution < -0.4 is 0 Å². The summed E-state index contributed by atoms with van der Waals surface area (Å²) >= 11 is 5.53. The second kappa shape index (κ2) is 9.09. The van der Waals surface area contributed by atoms with Gasteiger partial charge in [-0.15, -0.1) is 0 Å². The summed E-state index contributed by atoms with van der Waals surface area (Å²) in [6.07, 6.45) is 8.11. The summed E-state index contributed by atoms with van der Waals surface area (Å²) in [4.78, 5) is 4.17. The molecule has 0 amide bonds. The highest BCUT2D eigenvalue weighted by Crippen LogP contribution is 2.24. The summed E-state index contributed by atoms with van der Waals surface area (Å²) in [5.41, 5.74) is 2.79. The van der Waals surface area contributed by atoms with Crippen LogP contribution in [0.1, 0.15) is 17.5 Å². The number of aromatic nitrogens is 2. The SMILES string of the molecule is Brc1ccc(CSC(CCc2ccccc2)Cn2ccnc2)cc1. The zero-order chi connectivity index (χ0) is 16.6. The number of aryl methyl sites for hydroxylation is 1. The van der Waals surface area contributed by atoms with Crippen LogP contribution in [0.25, 0.3) is 0 Å². The van der Waals surface area contributed by atoms with Gasteiger partial charge in [-0.3, -0.25) is 0 Å². The number of hydrogen-bond acceptors (Lipinski definition) is 2. The first-order valence-corrected chi connectivity index (χ1v) is 9.99. The molecule has 3 rings (SSSR count). The van der Waals surface area contributed by atoms with Crippen molar-refractivity contribution in [3.63, 3.8) is 0 Å². The van der Waals surface area contributed by atoms with Gasteiger partial charge in [-0.05, 0) is 36.1 Å². The van der Waals surface area contributed by atoms with E-state index < -0.39 is 0 Å². The van der Waals surface area contributed by atoms with Crippen LogP contribution in [0.5, 0.6) is 0 Å². The Hall–Kier alpha value is -1.52. The average molecular weight is 401 g/mol. The fourth-order valence-electron chi connectivity index (χ4n) is 2.62. The number of rotatable bonds is 8. The molecule has 0 bridgehead atoms. The van der Waals surface area contributed by atoms with Crippen molar-refractivity contribution in [3.8, 4) is 0 Å². The number of nitrogens with zero attached hydrogens (tertiary/aromatic N) is 2. The van der Waals surface area contributed by atoms with E-state index in [2.05, 4.69) is 86.3 Å². The molecule has 2 nitrogen and oxygen atoms in total. The molecule has 0 radical (unpaired) electrons. The Kier molecular flexibility index (Phi) is 6.56. The molecule has 3 aromatic rings. The molecule has 0 saturated carbocycles. The Morgan fingerprint density at radius 1 is 1.00 bits per heavy atom. The molecule has 0 N–H and O–H groups in total. The summed E-state index contributed by atoms with van der Waals surface area (Å²) < 4.78 is 3.32. The van der Waals surface area contributed by atoms with Crippen LogP contribution in [0, 0.1) is 0 Å². The lowest BCUT2D eigenvalue weighted by Gasteiger charge is -2.17. The van der Waals surface area contributed by atoms with E-state index in [-0.39, 0.29) is 0 Å². The van der Waals surface area contributed by atoms with Crippen LogP contribution in [0.15, 0.2) is 77.8 Å². The Bertz CT molecular complexity index is 711. The van der Waals surface area contributed by atoms with Crippen molar-refractivity contribution in [3.05, 3.63) is 88.9 Å². The molecule has 0 saturated heterocycles. The van der Waals surface area contributed by atoms with Gasteiger partial charge in [-0.2, -0.15) is 11.8 Å². The molecule has 24 heavy (non-hydrogen) atoms. The summed E-state index contributed by atoms with van der Waals surface area (Å²) in [6, 6.07) is 19.4. The van der Waals surface area contributed by atoms with E-state index in [1.54, 1.807) is 0 Å². The Morgan fingerprint density at radius 3 is 2.50 bits per heavy atom. The normalized spacial score (nSPS) is 12.2. The third kappa shape index (κ3) is 5.53. The largest absolute Gasteiger partial charge is 0.336 e. The molecular formula is C20H21BrN2S.